The number of benzene rings is 1. The average Bonchev–Trinajstić information content (AvgIpc) is 3.15. The van der Waals surface area contributed by atoms with E-state index in [0.29, 0.717) is 18.2 Å². The second-order valence-electron chi connectivity index (χ2n) is 5.51. The molecule has 2 amide bonds. The Hall–Kier alpha value is -2.05. The lowest BCUT2D eigenvalue weighted by molar-refractivity contribution is 0.0999. The van der Waals surface area contributed by atoms with Crippen LogP contribution in [0.5, 0.6) is 0 Å². The van der Waals surface area contributed by atoms with Gasteiger partial charge in [0, 0.05) is 24.9 Å². The Kier molecular flexibility index (Phi) is 4.83. The second kappa shape index (κ2) is 7.02. The molecule has 1 aromatic heterocycles. The molecule has 6 nitrogen and oxygen atoms in total. The summed E-state index contributed by atoms with van der Waals surface area (Å²) in [6, 6.07) is 9.13. The second-order valence-corrected chi connectivity index (χ2v) is 5.95. The van der Waals surface area contributed by atoms with Crippen molar-refractivity contribution < 1.29 is 9.53 Å². The minimum Gasteiger partial charge on any atom is -0.371 e. The molecule has 2 N–H and O–H groups in total. The molecule has 2 atom stereocenters. The molecule has 0 unspecified atom stereocenters. The number of carbonyl (C=O) groups excluding carboxylic acids is 1. The number of aryl methyl sites for hydroxylation is 1. The first kappa shape index (κ1) is 15.8. The molecule has 7 heteroatoms. The number of halogens is 1. The molecule has 1 aromatic carbocycles. The Morgan fingerprint density at radius 1 is 1.39 bits per heavy atom. The minimum absolute atomic E-state index is 0.0530. The Balaban J connectivity index is 1.56. The lowest BCUT2D eigenvalue weighted by Crippen LogP contribution is -2.43. The molecule has 0 aliphatic carbocycles. The number of hydrogen-bond acceptors (Lipinski definition) is 3. The molecule has 1 saturated heterocycles. The van der Waals surface area contributed by atoms with Crippen LogP contribution in [-0.2, 0) is 18.3 Å². The van der Waals surface area contributed by atoms with E-state index in [2.05, 4.69) is 15.7 Å². The number of nitrogens with one attached hydrogen (secondary N) is 2. The Morgan fingerprint density at radius 3 is 2.87 bits per heavy atom. The lowest BCUT2D eigenvalue weighted by Gasteiger charge is -2.20. The molecular weight excluding hydrogens is 316 g/mol. The van der Waals surface area contributed by atoms with Crippen LogP contribution >= 0.6 is 11.6 Å². The van der Waals surface area contributed by atoms with E-state index in [9.17, 15) is 4.79 Å². The zero-order valence-electron chi connectivity index (χ0n) is 12.8. The quantitative estimate of drug-likeness (QED) is 0.902. The standard InChI is InChI=1S/C16H19ClN4O2/c1-21-13(6-8-19-21)10-18-16(22)20-14-7-9-23-15(14)11-2-4-12(17)5-3-11/h2-6,8,14-15H,7,9-10H2,1H3,(H2,18,20,22)/t14-,15+/m0/s1. The third kappa shape index (κ3) is 3.83. The predicted octanol–water partition coefficient (Wildman–Crippen LogP) is 2.40. The van der Waals surface area contributed by atoms with E-state index in [-0.39, 0.29) is 18.2 Å². The number of hydrogen-bond donors (Lipinski definition) is 2. The normalized spacial score (nSPS) is 20.4. The topological polar surface area (TPSA) is 68.2 Å². The summed E-state index contributed by atoms with van der Waals surface area (Å²) in [6.45, 7) is 1.06. The maximum absolute atomic E-state index is 12.1. The molecule has 1 aliphatic heterocycles. The number of aromatic nitrogens is 2. The van der Waals surface area contributed by atoms with Gasteiger partial charge in [-0.15, -0.1) is 0 Å². The fourth-order valence-corrected chi connectivity index (χ4v) is 2.81. The maximum Gasteiger partial charge on any atom is 0.315 e. The Bertz CT molecular complexity index is 671. The van der Waals surface area contributed by atoms with Gasteiger partial charge in [0.05, 0.1) is 18.3 Å². The van der Waals surface area contributed by atoms with Crippen molar-refractivity contribution in [1.82, 2.24) is 20.4 Å². The van der Waals surface area contributed by atoms with Gasteiger partial charge in [0.1, 0.15) is 6.10 Å². The molecule has 0 spiro atoms. The first-order chi connectivity index (χ1) is 11.1. The summed E-state index contributed by atoms with van der Waals surface area (Å²) in [5.74, 6) is 0. The zero-order valence-corrected chi connectivity index (χ0v) is 13.6. The van der Waals surface area contributed by atoms with Crippen LogP contribution in [0, 0.1) is 0 Å². The highest BCUT2D eigenvalue weighted by atomic mass is 35.5. The molecule has 1 fully saturated rings. The monoisotopic (exact) mass is 334 g/mol. The number of nitrogens with zero attached hydrogens (tertiary/aromatic N) is 2. The van der Waals surface area contributed by atoms with Crippen molar-refractivity contribution in [3.8, 4) is 0 Å². The SMILES string of the molecule is Cn1nccc1CNC(=O)N[C@H]1CCO[C@@H]1c1ccc(Cl)cc1. The van der Waals surface area contributed by atoms with Crippen LogP contribution in [0.2, 0.25) is 5.02 Å². The van der Waals surface area contributed by atoms with E-state index in [0.717, 1.165) is 17.7 Å². The van der Waals surface area contributed by atoms with Crippen LogP contribution < -0.4 is 10.6 Å². The van der Waals surface area contributed by atoms with Crippen molar-refractivity contribution in [1.29, 1.82) is 0 Å². The molecule has 0 radical (unpaired) electrons. The highest BCUT2D eigenvalue weighted by molar-refractivity contribution is 6.30. The Labute approximate surface area is 139 Å². The summed E-state index contributed by atoms with van der Waals surface area (Å²) in [6.07, 6.45) is 2.35. The summed E-state index contributed by atoms with van der Waals surface area (Å²) in [7, 11) is 1.84. The van der Waals surface area contributed by atoms with E-state index in [1.807, 2.05) is 37.4 Å². The van der Waals surface area contributed by atoms with Crippen LogP contribution in [0.4, 0.5) is 4.79 Å². The third-order valence-corrected chi connectivity index (χ3v) is 4.21. The molecule has 2 heterocycles. The summed E-state index contributed by atoms with van der Waals surface area (Å²) >= 11 is 5.91. The van der Waals surface area contributed by atoms with Gasteiger partial charge in [-0.25, -0.2) is 4.79 Å². The molecular formula is C16H19ClN4O2. The molecule has 3 rings (SSSR count). The van der Waals surface area contributed by atoms with Gasteiger partial charge in [0.15, 0.2) is 0 Å². The van der Waals surface area contributed by atoms with E-state index in [1.54, 1.807) is 10.9 Å². The first-order valence-electron chi connectivity index (χ1n) is 7.52. The molecule has 122 valence electrons. The van der Waals surface area contributed by atoms with E-state index in [1.165, 1.54) is 0 Å². The minimum atomic E-state index is -0.208. The lowest BCUT2D eigenvalue weighted by atomic mass is 10.0. The van der Waals surface area contributed by atoms with E-state index < -0.39 is 0 Å². The van der Waals surface area contributed by atoms with Gasteiger partial charge >= 0.3 is 6.03 Å². The molecule has 0 saturated carbocycles. The Morgan fingerprint density at radius 2 is 2.17 bits per heavy atom. The molecule has 1 aliphatic rings. The van der Waals surface area contributed by atoms with E-state index in [4.69, 9.17) is 16.3 Å². The van der Waals surface area contributed by atoms with E-state index >= 15 is 0 Å². The fourth-order valence-electron chi connectivity index (χ4n) is 2.68. The van der Waals surface area contributed by atoms with Gasteiger partial charge in [-0.1, -0.05) is 23.7 Å². The van der Waals surface area contributed by atoms with Crippen molar-refractivity contribution in [2.75, 3.05) is 6.61 Å². The van der Waals surface area contributed by atoms with Crippen LogP contribution in [0.15, 0.2) is 36.5 Å². The highest BCUT2D eigenvalue weighted by Crippen LogP contribution is 2.29. The van der Waals surface area contributed by atoms with Crippen molar-refractivity contribution in [3.63, 3.8) is 0 Å². The zero-order chi connectivity index (χ0) is 16.2. The summed E-state index contributed by atoms with van der Waals surface area (Å²) in [5.41, 5.74) is 1.96. The molecule has 23 heavy (non-hydrogen) atoms. The van der Waals surface area contributed by atoms with Gasteiger partial charge in [-0.3, -0.25) is 4.68 Å². The van der Waals surface area contributed by atoms with Crippen LogP contribution in [0.25, 0.3) is 0 Å². The van der Waals surface area contributed by atoms with Gasteiger partial charge in [0.25, 0.3) is 0 Å². The van der Waals surface area contributed by atoms with Gasteiger partial charge < -0.3 is 15.4 Å². The number of ether oxygens (including phenoxy) is 1. The van der Waals surface area contributed by atoms with Crippen molar-refractivity contribution in [2.24, 2.45) is 7.05 Å². The predicted molar refractivity (Wildman–Crippen MR) is 87.1 cm³/mol. The number of urea groups is 1. The average molecular weight is 335 g/mol. The van der Waals surface area contributed by atoms with Crippen LogP contribution in [0.3, 0.4) is 0 Å². The van der Waals surface area contributed by atoms with Crippen molar-refractivity contribution in [2.45, 2.75) is 25.1 Å². The number of rotatable bonds is 4. The summed E-state index contributed by atoms with van der Waals surface area (Å²) < 4.78 is 7.49. The van der Waals surface area contributed by atoms with Gasteiger partial charge in [0.2, 0.25) is 0 Å². The number of carbonyl (C=O) groups is 1. The molecule has 2 aromatic rings. The summed E-state index contributed by atoms with van der Waals surface area (Å²) in [5, 5.41) is 10.6. The number of amides is 2. The van der Waals surface area contributed by atoms with Crippen LogP contribution in [-0.4, -0.2) is 28.5 Å². The smallest absolute Gasteiger partial charge is 0.315 e. The van der Waals surface area contributed by atoms with Crippen molar-refractivity contribution >= 4 is 17.6 Å². The maximum atomic E-state index is 12.1. The highest BCUT2D eigenvalue weighted by Gasteiger charge is 2.30. The van der Waals surface area contributed by atoms with Gasteiger partial charge in [-0.05, 0) is 30.2 Å². The van der Waals surface area contributed by atoms with Crippen LogP contribution in [0.1, 0.15) is 23.8 Å². The van der Waals surface area contributed by atoms with Gasteiger partial charge in [-0.2, -0.15) is 5.10 Å². The van der Waals surface area contributed by atoms with Crippen molar-refractivity contribution in [3.05, 3.63) is 52.8 Å². The largest absolute Gasteiger partial charge is 0.371 e. The fraction of sp³-hybridized carbons (Fsp3) is 0.375. The third-order valence-electron chi connectivity index (χ3n) is 3.96. The summed E-state index contributed by atoms with van der Waals surface area (Å²) in [4.78, 5) is 12.1. The molecule has 0 bridgehead atoms. The first-order valence-corrected chi connectivity index (χ1v) is 7.89.